The summed E-state index contributed by atoms with van der Waals surface area (Å²) in [7, 11) is 3.26. The molecule has 108 valence electrons. The van der Waals surface area contributed by atoms with Crippen molar-refractivity contribution in [2.24, 2.45) is 5.16 Å². The molecule has 1 aromatic heterocycles. The van der Waals surface area contributed by atoms with Gasteiger partial charge in [-0.05, 0) is 24.3 Å². The number of oxime groups is 1. The Morgan fingerprint density at radius 2 is 2.05 bits per heavy atom. The van der Waals surface area contributed by atoms with Crippen LogP contribution in [0.4, 0.5) is 0 Å². The standard InChI is InChI=1S/C16H16N2O3/c1-19-11-6-7-12(15(9-11)20-2)14-10-16(21-18-14)13-5-3-4-8-17-13/h3-9,16H,10H2,1-2H3. The van der Waals surface area contributed by atoms with E-state index in [0.717, 1.165) is 28.5 Å². The maximum atomic E-state index is 5.50. The summed E-state index contributed by atoms with van der Waals surface area (Å²) in [6.45, 7) is 0. The van der Waals surface area contributed by atoms with Crippen molar-refractivity contribution < 1.29 is 14.3 Å². The maximum absolute atomic E-state index is 5.50. The molecule has 2 heterocycles. The summed E-state index contributed by atoms with van der Waals surface area (Å²) in [5.74, 6) is 1.47. The van der Waals surface area contributed by atoms with Crippen LogP contribution in [0.5, 0.6) is 11.5 Å². The van der Waals surface area contributed by atoms with Gasteiger partial charge in [0, 0.05) is 24.2 Å². The van der Waals surface area contributed by atoms with Gasteiger partial charge in [0.25, 0.3) is 0 Å². The lowest BCUT2D eigenvalue weighted by Gasteiger charge is -2.10. The molecule has 0 radical (unpaired) electrons. The molecule has 5 nitrogen and oxygen atoms in total. The minimum absolute atomic E-state index is 0.145. The van der Waals surface area contributed by atoms with Gasteiger partial charge in [-0.15, -0.1) is 0 Å². The third-order valence-electron chi connectivity index (χ3n) is 3.41. The summed E-state index contributed by atoms with van der Waals surface area (Å²) in [4.78, 5) is 9.81. The SMILES string of the molecule is COc1ccc(C2=NOC(c3ccccn3)C2)c(OC)c1. The van der Waals surface area contributed by atoms with Crippen molar-refractivity contribution in [3.8, 4) is 11.5 Å². The highest BCUT2D eigenvalue weighted by Gasteiger charge is 2.26. The highest BCUT2D eigenvalue weighted by atomic mass is 16.6. The molecule has 0 spiro atoms. The lowest BCUT2D eigenvalue weighted by Crippen LogP contribution is -2.05. The Labute approximate surface area is 123 Å². The van der Waals surface area contributed by atoms with Crippen LogP contribution in [0, 0.1) is 0 Å². The van der Waals surface area contributed by atoms with E-state index in [9.17, 15) is 0 Å². The zero-order valence-electron chi connectivity index (χ0n) is 11.9. The van der Waals surface area contributed by atoms with Crippen molar-refractivity contribution in [2.45, 2.75) is 12.5 Å². The van der Waals surface area contributed by atoms with Crippen molar-refractivity contribution in [3.63, 3.8) is 0 Å². The zero-order chi connectivity index (χ0) is 14.7. The number of pyridine rings is 1. The lowest BCUT2D eigenvalue weighted by molar-refractivity contribution is 0.0826. The third kappa shape index (κ3) is 2.67. The number of benzene rings is 1. The van der Waals surface area contributed by atoms with Gasteiger partial charge in [-0.1, -0.05) is 11.2 Å². The molecule has 0 saturated carbocycles. The lowest BCUT2D eigenvalue weighted by atomic mass is 10.0. The summed E-state index contributed by atoms with van der Waals surface area (Å²) in [6.07, 6.45) is 2.28. The molecule has 1 aliphatic heterocycles. The molecule has 1 atom stereocenters. The van der Waals surface area contributed by atoms with Gasteiger partial charge in [-0.3, -0.25) is 4.98 Å². The van der Waals surface area contributed by atoms with Gasteiger partial charge in [-0.25, -0.2) is 0 Å². The van der Waals surface area contributed by atoms with E-state index in [1.807, 2.05) is 36.4 Å². The molecule has 21 heavy (non-hydrogen) atoms. The van der Waals surface area contributed by atoms with Crippen LogP contribution < -0.4 is 9.47 Å². The number of rotatable bonds is 4. The fourth-order valence-electron chi connectivity index (χ4n) is 2.30. The third-order valence-corrected chi connectivity index (χ3v) is 3.41. The molecule has 0 amide bonds. The topological polar surface area (TPSA) is 52.9 Å². The van der Waals surface area contributed by atoms with Crippen LogP contribution in [-0.2, 0) is 4.84 Å². The second-order valence-corrected chi connectivity index (χ2v) is 4.66. The summed E-state index contributed by atoms with van der Waals surface area (Å²) < 4.78 is 10.6. The van der Waals surface area contributed by atoms with Gasteiger partial charge in [0.1, 0.15) is 11.5 Å². The molecule has 1 aliphatic rings. The molecule has 0 aliphatic carbocycles. The Morgan fingerprint density at radius 1 is 1.14 bits per heavy atom. The largest absolute Gasteiger partial charge is 0.497 e. The number of aromatic nitrogens is 1. The second kappa shape index (κ2) is 5.83. The zero-order valence-corrected chi connectivity index (χ0v) is 11.9. The molecular formula is C16H16N2O3. The predicted octanol–water partition coefficient (Wildman–Crippen LogP) is 2.96. The Bertz CT molecular complexity index is 656. The van der Waals surface area contributed by atoms with E-state index in [-0.39, 0.29) is 6.10 Å². The van der Waals surface area contributed by atoms with Gasteiger partial charge < -0.3 is 14.3 Å². The first-order valence-corrected chi connectivity index (χ1v) is 6.68. The van der Waals surface area contributed by atoms with E-state index in [1.165, 1.54) is 0 Å². The Morgan fingerprint density at radius 3 is 2.76 bits per heavy atom. The first kappa shape index (κ1) is 13.4. The second-order valence-electron chi connectivity index (χ2n) is 4.66. The number of nitrogens with zero attached hydrogens (tertiary/aromatic N) is 2. The monoisotopic (exact) mass is 284 g/mol. The van der Waals surface area contributed by atoms with Gasteiger partial charge >= 0.3 is 0 Å². The van der Waals surface area contributed by atoms with E-state index in [0.29, 0.717) is 6.42 Å². The molecule has 0 bridgehead atoms. The van der Waals surface area contributed by atoms with Crippen molar-refractivity contribution in [1.29, 1.82) is 0 Å². The quantitative estimate of drug-likeness (QED) is 0.866. The number of methoxy groups -OCH3 is 2. The van der Waals surface area contributed by atoms with Crippen LogP contribution in [0.25, 0.3) is 0 Å². The van der Waals surface area contributed by atoms with Crippen LogP contribution in [0.3, 0.4) is 0 Å². The maximum Gasteiger partial charge on any atom is 0.174 e. The number of hydrogen-bond donors (Lipinski definition) is 0. The summed E-state index contributed by atoms with van der Waals surface area (Å²) in [5, 5.41) is 4.18. The predicted molar refractivity (Wildman–Crippen MR) is 78.8 cm³/mol. The van der Waals surface area contributed by atoms with Crippen molar-refractivity contribution in [3.05, 3.63) is 53.9 Å². The van der Waals surface area contributed by atoms with Crippen molar-refractivity contribution in [2.75, 3.05) is 14.2 Å². The minimum Gasteiger partial charge on any atom is -0.497 e. The fraction of sp³-hybridized carbons (Fsp3) is 0.250. The molecule has 2 aromatic rings. The summed E-state index contributed by atoms with van der Waals surface area (Å²) in [6, 6.07) is 11.4. The smallest absolute Gasteiger partial charge is 0.174 e. The molecule has 1 unspecified atom stereocenters. The van der Waals surface area contributed by atoms with Crippen LogP contribution in [-0.4, -0.2) is 24.9 Å². The number of ether oxygens (including phenoxy) is 2. The normalized spacial score (nSPS) is 17.0. The Kier molecular flexibility index (Phi) is 3.73. The molecule has 5 heteroatoms. The van der Waals surface area contributed by atoms with Gasteiger partial charge in [0.05, 0.1) is 25.6 Å². The van der Waals surface area contributed by atoms with Crippen LogP contribution in [0.1, 0.15) is 23.8 Å². The summed E-state index contributed by atoms with van der Waals surface area (Å²) in [5.41, 5.74) is 2.64. The highest BCUT2D eigenvalue weighted by molar-refractivity contribution is 6.03. The first-order chi connectivity index (χ1) is 10.3. The van der Waals surface area contributed by atoms with Crippen molar-refractivity contribution >= 4 is 5.71 Å². The molecule has 0 fully saturated rings. The van der Waals surface area contributed by atoms with Crippen LogP contribution in [0.15, 0.2) is 47.8 Å². The Hall–Kier alpha value is -2.56. The average Bonchev–Trinajstić information content (AvgIpc) is 3.04. The van der Waals surface area contributed by atoms with Crippen molar-refractivity contribution in [1.82, 2.24) is 4.98 Å². The van der Waals surface area contributed by atoms with E-state index in [2.05, 4.69) is 10.1 Å². The fourth-order valence-corrected chi connectivity index (χ4v) is 2.30. The van der Waals surface area contributed by atoms with Crippen LogP contribution >= 0.6 is 0 Å². The van der Waals surface area contributed by atoms with Crippen LogP contribution in [0.2, 0.25) is 0 Å². The van der Waals surface area contributed by atoms with Gasteiger partial charge in [-0.2, -0.15) is 0 Å². The Balaban J connectivity index is 1.83. The molecule has 0 saturated heterocycles. The molecular weight excluding hydrogens is 268 g/mol. The summed E-state index contributed by atoms with van der Waals surface area (Å²) >= 11 is 0. The molecule has 1 aromatic carbocycles. The average molecular weight is 284 g/mol. The highest BCUT2D eigenvalue weighted by Crippen LogP contribution is 2.33. The number of hydrogen-bond acceptors (Lipinski definition) is 5. The van der Waals surface area contributed by atoms with Gasteiger partial charge in [0.2, 0.25) is 0 Å². The van der Waals surface area contributed by atoms with E-state index in [4.69, 9.17) is 14.3 Å². The molecule has 0 N–H and O–H groups in total. The van der Waals surface area contributed by atoms with E-state index >= 15 is 0 Å². The van der Waals surface area contributed by atoms with E-state index in [1.54, 1.807) is 20.4 Å². The van der Waals surface area contributed by atoms with Gasteiger partial charge in [0.15, 0.2) is 6.10 Å². The van der Waals surface area contributed by atoms with E-state index < -0.39 is 0 Å². The molecule has 3 rings (SSSR count). The minimum atomic E-state index is -0.145. The first-order valence-electron chi connectivity index (χ1n) is 6.68.